The summed E-state index contributed by atoms with van der Waals surface area (Å²) in [6.45, 7) is 0. The summed E-state index contributed by atoms with van der Waals surface area (Å²) in [5, 5.41) is 0.0110. The van der Waals surface area contributed by atoms with E-state index in [4.69, 9.17) is 4.42 Å². The fourth-order valence-corrected chi connectivity index (χ4v) is 2.13. The summed E-state index contributed by atoms with van der Waals surface area (Å²) < 4.78 is 81.3. The van der Waals surface area contributed by atoms with Gasteiger partial charge in [-0.2, -0.15) is 26.3 Å². The summed E-state index contributed by atoms with van der Waals surface area (Å²) in [5.41, 5.74) is -1.65. The molecule has 0 spiro atoms. The lowest BCUT2D eigenvalue weighted by Crippen LogP contribution is -2.04. The Hall–Kier alpha value is -2.18. The first-order chi connectivity index (χ1) is 9.66. The van der Waals surface area contributed by atoms with E-state index in [9.17, 15) is 26.3 Å². The average molecular weight is 304 g/mol. The Bertz CT molecular complexity index is 757. The Morgan fingerprint density at radius 3 is 1.33 bits per heavy atom. The van der Waals surface area contributed by atoms with Gasteiger partial charge in [-0.25, -0.2) is 0 Å². The van der Waals surface area contributed by atoms with E-state index >= 15 is 0 Å². The molecule has 3 rings (SSSR count). The van der Waals surface area contributed by atoms with Crippen LogP contribution in [-0.2, 0) is 12.4 Å². The van der Waals surface area contributed by atoms with Gasteiger partial charge in [-0.3, -0.25) is 0 Å². The van der Waals surface area contributed by atoms with Crippen LogP contribution in [0.3, 0.4) is 0 Å². The summed E-state index contributed by atoms with van der Waals surface area (Å²) >= 11 is 0. The van der Waals surface area contributed by atoms with Crippen LogP contribution in [0.5, 0.6) is 0 Å². The maximum absolute atomic E-state index is 12.7. The van der Waals surface area contributed by atoms with Crippen LogP contribution in [0.4, 0.5) is 26.3 Å². The molecular weight excluding hydrogens is 298 g/mol. The highest BCUT2D eigenvalue weighted by molar-refractivity contribution is 6.05. The van der Waals surface area contributed by atoms with E-state index < -0.39 is 23.5 Å². The Morgan fingerprint density at radius 2 is 1.00 bits per heavy atom. The molecule has 21 heavy (non-hydrogen) atoms. The van der Waals surface area contributed by atoms with Crippen LogP contribution in [0.2, 0.25) is 0 Å². The molecule has 110 valence electrons. The van der Waals surface area contributed by atoms with Gasteiger partial charge >= 0.3 is 12.4 Å². The number of rotatable bonds is 0. The smallest absolute Gasteiger partial charge is 0.416 e. The largest absolute Gasteiger partial charge is 0.456 e. The Balaban J connectivity index is 2.31. The van der Waals surface area contributed by atoms with E-state index in [2.05, 4.69) is 0 Å². The van der Waals surface area contributed by atoms with E-state index in [1.54, 1.807) is 0 Å². The second-order valence-electron chi connectivity index (χ2n) is 4.52. The Morgan fingerprint density at radius 1 is 0.619 bits per heavy atom. The maximum atomic E-state index is 12.7. The topological polar surface area (TPSA) is 13.1 Å². The van der Waals surface area contributed by atoms with Crippen LogP contribution in [0, 0.1) is 0 Å². The quantitative estimate of drug-likeness (QED) is 0.491. The highest BCUT2D eigenvalue weighted by atomic mass is 19.4. The molecule has 0 bridgehead atoms. The second-order valence-corrected chi connectivity index (χ2v) is 4.52. The minimum Gasteiger partial charge on any atom is -0.456 e. The fourth-order valence-electron chi connectivity index (χ4n) is 2.13. The molecule has 0 fully saturated rings. The van der Waals surface area contributed by atoms with Gasteiger partial charge in [-0.05, 0) is 36.4 Å². The van der Waals surface area contributed by atoms with E-state index in [1.165, 1.54) is 0 Å². The number of hydrogen-bond acceptors (Lipinski definition) is 1. The molecule has 0 saturated heterocycles. The van der Waals surface area contributed by atoms with E-state index in [1.807, 2.05) is 0 Å². The van der Waals surface area contributed by atoms with Crippen molar-refractivity contribution in [2.45, 2.75) is 12.4 Å². The lowest BCUT2D eigenvalue weighted by atomic mass is 10.1. The van der Waals surface area contributed by atoms with Gasteiger partial charge < -0.3 is 4.42 Å². The normalized spacial score (nSPS) is 13.2. The van der Waals surface area contributed by atoms with Gasteiger partial charge in [0.15, 0.2) is 0 Å². The molecular formula is C14H6F6O. The van der Waals surface area contributed by atoms with Crippen molar-refractivity contribution in [3.63, 3.8) is 0 Å². The summed E-state index contributed by atoms with van der Waals surface area (Å²) in [6, 6.07) is 5.45. The number of alkyl halides is 6. The third-order valence-corrected chi connectivity index (χ3v) is 3.12. The highest BCUT2D eigenvalue weighted by Gasteiger charge is 2.32. The highest BCUT2D eigenvalue weighted by Crippen LogP contribution is 2.38. The molecule has 0 saturated carbocycles. The van der Waals surface area contributed by atoms with Crippen molar-refractivity contribution in [1.82, 2.24) is 0 Å². The van der Waals surface area contributed by atoms with Gasteiger partial charge in [0.25, 0.3) is 0 Å². The van der Waals surface area contributed by atoms with Crippen molar-refractivity contribution >= 4 is 21.9 Å². The first-order valence-corrected chi connectivity index (χ1v) is 5.77. The summed E-state index contributed by atoms with van der Waals surface area (Å²) in [4.78, 5) is 0. The summed E-state index contributed by atoms with van der Waals surface area (Å²) in [6.07, 6.45) is -9.14. The number of fused-ring (bicyclic) bond motifs is 3. The fraction of sp³-hybridized carbons (Fsp3) is 0.143. The zero-order valence-electron chi connectivity index (χ0n) is 10.1. The first-order valence-electron chi connectivity index (χ1n) is 5.77. The van der Waals surface area contributed by atoms with Gasteiger partial charge in [-0.1, -0.05) is 0 Å². The van der Waals surface area contributed by atoms with E-state index in [0.717, 1.165) is 36.4 Å². The number of benzene rings is 2. The van der Waals surface area contributed by atoms with Crippen LogP contribution in [-0.4, -0.2) is 0 Å². The van der Waals surface area contributed by atoms with E-state index in [-0.39, 0.29) is 21.9 Å². The van der Waals surface area contributed by atoms with Crippen molar-refractivity contribution in [3.05, 3.63) is 47.5 Å². The standard InChI is InChI=1S/C14H6F6O/c15-13(16,17)7-1-3-11-9(5-7)10-6-8(14(18,19)20)2-4-12(10)21-11/h1-6H. The van der Waals surface area contributed by atoms with Gasteiger partial charge in [0.1, 0.15) is 11.2 Å². The third-order valence-electron chi connectivity index (χ3n) is 3.12. The van der Waals surface area contributed by atoms with Gasteiger partial charge in [-0.15, -0.1) is 0 Å². The molecule has 0 aliphatic heterocycles. The molecule has 0 aliphatic carbocycles. The van der Waals surface area contributed by atoms with Crippen LogP contribution in [0.25, 0.3) is 21.9 Å². The minimum absolute atomic E-state index is 0.00549. The molecule has 7 heteroatoms. The molecule has 0 amide bonds. The first kappa shape index (κ1) is 13.8. The van der Waals surface area contributed by atoms with Gasteiger partial charge in [0.05, 0.1) is 11.1 Å². The Labute approximate surface area is 113 Å². The molecule has 0 N–H and O–H groups in total. The van der Waals surface area contributed by atoms with Crippen molar-refractivity contribution in [2.24, 2.45) is 0 Å². The van der Waals surface area contributed by atoms with Crippen molar-refractivity contribution < 1.29 is 30.8 Å². The zero-order valence-corrected chi connectivity index (χ0v) is 10.1. The predicted octanol–water partition coefficient (Wildman–Crippen LogP) is 5.62. The molecule has 0 aliphatic rings. The van der Waals surface area contributed by atoms with Crippen LogP contribution >= 0.6 is 0 Å². The second kappa shape index (κ2) is 4.16. The minimum atomic E-state index is -4.57. The molecule has 0 atom stereocenters. The van der Waals surface area contributed by atoms with Crippen LogP contribution in [0.15, 0.2) is 40.8 Å². The SMILES string of the molecule is FC(F)(F)c1ccc2oc3ccc(C(F)(F)F)cc3c2c1. The van der Waals surface area contributed by atoms with Gasteiger partial charge in [0, 0.05) is 10.8 Å². The molecule has 1 aromatic heterocycles. The zero-order chi connectivity index (χ0) is 15.4. The molecule has 2 aromatic carbocycles. The summed E-state index contributed by atoms with van der Waals surface area (Å²) in [5.74, 6) is 0. The molecule has 3 aromatic rings. The third kappa shape index (κ3) is 2.32. The molecule has 0 unspecified atom stereocenters. The molecule has 1 heterocycles. The Kier molecular flexibility index (Phi) is 2.73. The van der Waals surface area contributed by atoms with Crippen LogP contribution in [0.1, 0.15) is 11.1 Å². The van der Waals surface area contributed by atoms with Crippen molar-refractivity contribution in [2.75, 3.05) is 0 Å². The van der Waals surface area contributed by atoms with Crippen molar-refractivity contribution in [1.29, 1.82) is 0 Å². The monoisotopic (exact) mass is 304 g/mol. The van der Waals surface area contributed by atoms with Gasteiger partial charge in [0.2, 0.25) is 0 Å². The average Bonchev–Trinajstić information content (AvgIpc) is 2.73. The number of halogens is 6. The molecule has 1 nitrogen and oxygen atoms in total. The maximum Gasteiger partial charge on any atom is 0.416 e. The number of hydrogen-bond donors (Lipinski definition) is 0. The number of furan rings is 1. The lowest BCUT2D eigenvalue weighted by molar-refractivity contribution is -0.138. The van der Waals surface area contributed by atoms with E-state index in [0.29, 0.717) is 0 Å². The predicted molar refractivity (Wildman–Crippen MR) is 63.7 cm³/mol. The lowest BCUT2D eigenvalue weighted by Gasteiger charge is -2.06. The summed E-state index contributed by atoms with van der Waals surface area (Å²) in [7, 11) is 0. The molecule has 0 radical (unpaired) electrons. The van der Waals surface area contributed by atoms with Crippen molar-refractivity contribution in [3.8, 4) is 0 Å². The van der Waals surface area contributed by atoms with Crippen LogP contribution < -0.4 is 0 Å².